The summed E-state index contributed by atoms with van der Waals surface area (Å²) in [5, 5.41) is 2.88. The van der Waals surface area contributed by atoms with Crippen molar-refractivity contribution < 1.29 is 14.3 Å². The van der Waals surface area contributed by atoms with Crippen molar-refractivity contribution >= 4 is 28.9 Å². The smallest absolute Gasteiger partial charge is 0.337 e. The van der Waals surface area contributed by atoms with E-state index in [1.807, 2.05) is 49.4 Å². The molecule has 0 saturated heterocycles. The molecule has 0 aliphatic heterocycles. The number of nitrogens with one attached hydrogen (secondary N) is 1. The van der Waals surface area contributed by atoms with Crippen molar-refractivity contribution in [2.45, 2.75) is 6.92 Å². The molecule has 0 saturated carbocycles. The summed E-state index contributed by atoms with van der Waals surface area (Å²) in [6.45, 7) is 1.97. The minimum absolute atomic E-state index is 0.135. The molecular weight excluding hydrogens is 358 g/mol. The topological polar surface area (TPSA) is 55.4 Å². The first kappa shape index (κ1) is 18.4. The molecule has 1 N–H and O–H groups in total. The molecule has 5 heteroatoms. The number of anilines is 1. The van der Waals surface area contributed by atoms with E-state index < -0.39 is 5.97 Å². The molecule has 0 aliphatic carbocycles. The molecule has 1 heterocycles. The first-order valence-electron chi connectivity index (χ1n) is 8.23. The molecular formula is C22H17NO3S. The van der Waals surface area contributed by atoms with Gasteiger partial charge in [-0.05, 0) is 55.5 Å². The second kappa shape index (κ2) is 8.35. The summed E-state index contributed by atoms with van der Waals surface area (Å²) in [7, 11) is 1.35. The van der Waals surface area contributed by atoms with E-state index in [1.165, 1.54) is 18.4 Å². The number of amides is 1. The summed E-state index contributed by atoms with van der Waals surface area (Å²) >= 11 is 1.45. The largest absolute Gasteiger partial charge is 0.465 e. The molecule has 134 valence electrons. The minimum atomic E-state index is -0.396. The van der Waals surface area contributed by atoms with Crippen LogP contribution in [-0.4, -0.2) is 19.0 Å². The maximum absolute atomic E-state index is 12.3. The maximum Gasteiger partial charge on any atom is 0.337 e. The Morgan fingerprint density at radius 2 is 1.67 bits per heavy atom. The van der Waals surface area contributed by atoms with E-state index in [0.29, 0.717) is 21.7 Å². The number of aryl methyl sites for hydroxylation is 1. The quantitative estimate of drug-likeness (QED) is 0.542. The Kier molecular flexibility index (Phi) is 5.70. The zero-order valence-electron chi connectivity index (χ0n) is 14.9. The van der Waals surface area contributed by atoms with Crippen molar-refractivity contribution in [2.75, 3.05) is 12.4 Å². The van der Waals surface area contributed by atoms with Crippen LogP contribution in [0.25, 0.3) is 0 Å². The van der Waals surface area contributed by atoms with Gasteiger partial charge in [-0.1, -0.05) is 24.0 Å². The van der Waals surface area contributed by atoms with Crippen LogP contribution in [0.5, 0.6) is 0 Å². The third-order valence-corrected chi connectivity index (χ3v) is 4.72. The number of rotatable bonds is 3. The molecule has 3 aromatic rings. The highest BCUT2D eigenvalue weighted by atomic mass is 32.1. The number of carbonyl (C=O) groups is 2. The van der Waals surface area contributed by atoms with Gasteiger partial charge in [-0.15, -0.1) is 11.3 Å². The molecule has 0 unspecified atom stereocenters. The molecule has 27 heavy (non-hydrogen) atoms. The molecule has 0 atom stereocenters. The van der Waals surface area contributed by atoms with E-state index in [0.717, 1.165) is 10.4 Å². The molecule has 0 aliphatic rings. The number of methoxy groups -OCH3 is 1. The van der Waals surface area contributed by atoms with Crippen LogP contribution in [0.2, 0.25) is 0 Å². The summed E-state index contributed by atoms with van der Waals surface area (Å²) in [6, 6.07) is 18.0. The first-order valence-corrected chi connectivity index (χ1v) is 9.05. The Bertz CT molecular complexity index is 1060. The molecule has 0 radical (unpaired) electrons. The lowest BCUT2D eigenvalue weighted by molar-refractivity contribution is 0.0600. The standard InChI is InChI=1S/C22H17NO3S/c1-15-9-12-20(27-15)21(24)23-19-8-4-6-17(14-19)11-10-16-5-3-7-18(13-16)22(25)26-2/h3-9,12-14H,1-2H3,(H,23,24). The van der Waals surface area contributed by atoms with Crippen LogP contribution in [0.15, 0.2) is 60.7 Å². The predicted molar refractivity (Wildman–Crippen MR) is 107 cm³/mol. The zero-order chi connectivity index (χ0) is 19.2. The number of carbonyl (C=O) groups excluding carboxylic acids is 2. The number of hydrogen-bond acceptors (Lipinski definition) is 4. The Hall–Kier alpha value is -3.36. The molecule has 0 bridgehead atoms. The van der Waals surface area contributed by atoms with Gasteiger partial charge in [0.15, 0.2) is 0 Å². The monoisotopic (exact) mass is 375 g/mol. The summed E-state index contributed by atoms with van der Waals surface area (Å²) in [6.07, 6.45) is 0. The molecule has 0 spiro atoms. The number of ether oxygens (including phenoxy) is 1. The van der Waals surface area contributed by atoms with Crippen molar-refractivity contribution in [1.29, 1.82) is 0 Å². The van der Waals surface area contributed by atoms with Gasteiger partial charge in [0.25, 0.3) is 5.91 Å². The van der Waals surface area contributed by atoms with Gasteiger partial charge in [0.1, 0.15) is 0 Å². The van der Waals surface area contributed by atoms with E-state index in [-0.39, 0.29) is 5.91 Å². The Morgan fingerprint density at radius 1 is 0.963 bits per heavy atom. The average Bonchev–Trinajstić information content (AvgIpc) is 3.13. The lowest BCUT2D eigenvalue weighted by Gasteiger charge is -2.04. The fourth-order valence-electron chi connectivity index (χ4n) is 2.41. The fourth-order valence-corrected chi connectivity index (χ4v) is 3.17. The number of esters is 1. The van der Waals surface area contributed by atoms with Crippen molar-refractivity contribution in [3.05, 3.63) is 87.1 Å². The van der Waals surface area contributed by atoms with E-state index in [2.05, 4.69) is 17.2 Å². The van der Waals surface area contributed by atoms with E-state index in [9.17, 15) is 9.59 Å². The van der Waals surface area contributed by atoms with Crippen molar-refractivity contribution in [2.24, 2.45) is 0 Å². The van der Waals surface area contributed by atoms with E-state index in [1.54, 1.807) is 18.2 Å². The van der Waals surface area contributed by atoms with Crippen LogP contribution >= 0.6 is 11.3 Å². The van der Waals surface area contributed by atoms with Gasteiger partial charge in [-0.25, -0.2) is 4.79 Å². The van der Waals surface area contributed by atoms with Crippen LogP contribution in [0.1, 0.15) is 36.0 Å². The fraction of sp³-hybridized carbons (Fsp3) is 0.0909. The highest BCUT2D eigenvalue weighted by Crippen LogP contribution is 2.18. The Morgan fingerprint density at radius 3 is 2.33 bits per heavy atom. The molecule has 1 amide bonds. The van der Waals surface area contributed by atoms with Gasteiger partial charge < -0.3 is 10.1 Å². The lowest BCUT2D eigenvalue weighted by Crippen LogP contribution is -2.09. The number of thiophene rings is 1. The average molecular weight is 375 g/mol. The maximum atomic E-state index is 12.3. The third kappa shape index (κ3) is 4.84. The van der Waals surface area contributed by atoms with Crippen LogP contribution in [0, 0.1) is 18.8 Å². The molecule has 0 fully saturated rings. The second-order valence-electron chi connectivity index (χ2n) is 5.77. The third-order valence-electron chi connectivity index (χ3n) is 3.72. The van der Waals surface area contributed by atoms with Gasteiger partial charge in [-0.2, -0.15) is 0 Å². The molecule has 1 aromatic heterocycles. The van der Waals surface area contributed by atoms with Crippen molar-refractivity contribution in [1.82, 2.24) is 0 Å². The van der Waals surface area contributed by atoms with Gasteiger partial charge in [-0.3, -0.25) is 4.79 Å². The van der Waals surface area contributed by atoms with E-state index in [4.69, 9.17) is 4.74 Å². The highest BCUT2D eigenvalue weighted by Gasteiger charge is 2.08. The summed E-state index contributed by atoms with van der Waals surface area (Å²) in [5.74, 6) is 5.55. The molecule has 2 aromatic carbocycles. The summed E-state index contributed by atoms with van der Waals surface area (Å²) in [5.41, 5.74) is 2.61. The van der Waals surface area contributed by atoms with Crippen LogP contribution in [0.4, 0.5) is 5.69 Å². The SMILES string of the molecule is COC(=O)c1cccc(C#Cc2cccc(NC(=O)c3ccc(C)s3)c2)c1. The zero-order valence-corrected chi connectivity index (χ0v) is 15.7. The Labute approximate surface area is 161 Å². The first-order chi connectivity index (χ1) is 13.0. The van der Waals surface area contributed by atoms with E-state index >= 15 is 0 Å². The normalized spacial score (nSPS) is 9.85. The predicted octanol–water partition coefficient (Wildman–Crippen LogP) is 4.50. The van der Waals surface area contributed by atoms with Crippen LogP contribution in [-0.2, 0) is 4.74 Å². The van der Waals surface area contributed by atoms with Gasteiger partial charge in [0.05, 0.1) is 17.6 Å². The number of benzene rings is 2. The minimum Gasteiger partial charge on any atom is -0.465 e. The highest BCUT2D eigenvalue weighted by molar-refractivity contribution is 7.14. The van der Waals surface area contributed by atoms with Gasteiger partial charge >= 0.3 is 5.97 Å². The molecule has 3 rings (SSSR count). The van der Waals surface area contributed by atoms with Gasteiger partial charge in [0, 0.05) is 21.7 Å². The lowest BCUT2D eigenvalue weighted by atomic mass is 10.1. The number of hydrogen-bond donors (Lipinski definition) is 1. The van der Waals surface area contributed by atoms with Crippen LogP contribution in [0.3, 0.4) is 0 Å². The second-order valence-corrected chi connectivity index (χ2v) is 7.06. The van der Waals surface area contributed by atoms with Crippen molar-refractivity contribution in [3.8, 4) is 11.8 Å². The molecule has 4 nitrogen and oxygen atoms in total. The van der Waals surface area contributed by atoms with Crippen LogP contribution < -0.4 is 5.32 Å². The summed E-state index contributed by atoms with van der Waals surface area (Å²) in [4.78, 5) is 25.6. The van der Waals surface area contributed by atoms with Gasteiger partial charge in [0.2, 0.25) is 0 Å². The Balaban J connectivity index is 1.76. The summed E-state index contributed by atoms with van der Waals surface area (Å²) < 4.78 is 4.72. The van der Waals surface area contributed by atoms with Crippen molar-refractivity contribution in [3.63, 3.8) is 0 Å².